The molecular formula is C23H38ClNO. The lowest BCUT2D eigenvalue weighted by atomic mass is 10.0. The predicted molar refractivity (Wildman–Crippen MR) is 115 cm³/mol. The van der Waals surface area contributed by atoms with Crippen molar-refractivity contribution < 1.29 is 4.79 Å². The Hall–Kier alpha value is -1.02. The Morgan fingerprint density at radius 2 is 1.35 bits per heavy atom. The van der Waals surface area contributed by atoms with Gasteiger partial charge in [-0.3, -0.25) is 4.79 Å². The standard InChI is InChI=1S/C23H38ClNO/c1-3-4-5-6-7-8-9-10-11-12-13-14-15-16-23(26)25-21-17-18-22(24)20(2)19-21/h17-19H,3-16H2,1-2H3,(H,25,26). The lowest BCUT2D eigenvalue weighted by Gasteiger charge is -2.07. The zero-order chi connectivity index (χ0) is 19.0. The van der Waals surface area contributed by atoms with E-state index in [4.69, 9.17) is 11.6 Å². The maximum Gasteiger partial charge on any atom is 0.224 e. The molecule has 148 valence electrons. The molecule has 0 unspecified atom stereocenters. The topological polar surface area (TPSA) is 29.1 Å². The summed E-state index contributed by atoms with van der Waals surface area (Å²) >= 11 is 6.00. The Morgan fingerprint density at radius 1 is 0.846 bits per heavy atom. The van der Waals surface area contributed by atoms with Crippen LogP contribution in [0.3, 0.4) is 0 Å². The van der Waals surface area contributed by atoms with Crippen LogP contribution in [0.15, 0.2) is 18.2 Å². The van der Waals surface area contributed by atoms with Crippen LogP contribution in [-0.4, -0.2) is 5.91 Å². The molecule has 0 aliphatic carbocycles. The van der Waals surface area contributed by atoms with Crippen molar-refractivity contribution in [3.05, 3.63) is 28.8 Å². The van der Waals surface area contributed by atoms with Gasteiger partial charge in [-0.25, -0.2) is 0 Å². The molecule has 0 aromatic heterocycles. The number of anilines is 1. The van der Waals surface area contributed by atoms with E-state index in [0.29, 0.717) is 6.42 Å². The molecule has 26 heavy (non-hydrogen) atoms. The van der Waals surface area contributed by atoms with Gasteiger partial charge in [0.25, 0.3) is 0 Å². The van der Waals surface area contributed by atoms with Gasteiger partial charge in [0, 0.05) is 17.1 Å². The molecule has 1 rings (SSSR count). The molecule has 0 bridgehead atoms. The minimum atomic E-state index is 0.106. The highest BCUT2D eigenvalue weighted by atomic mass is 35.5. The predicted octanol–water partition coefficient (Wildman–Crippen LogP) is 8.07. The summed E-state index contributed by atoms with van der Waals surface area (Å²) < 4.78 is 0. The largest absolute Gasteiger partial charge is 0.326 e. The second-order valence-electron chi connectivity index (χ2n) is 7.50. The Bertz CT molecular complexity index is 501. The number of unbranched alkanes of at least 4 members (excludes halogenated alkanes) is 12. The van der Waals surface area contributed by atoms with E-state index in [1.54, 1.807) is 0 Å². The molecule has 0 aliphatic rings. The number of amides is 1. The first-order valence-electron chi connectivity index (χ1n) is 10.7. The fourth-order valence-electron chi connectivity index (χ4n) is 3.25. The second kappa shape index (κ2) is 15.1. The zero-order valence-corrected chi connectivity index (χ0v) is 17.7. The third kappa shape index (κ3) is 11.6. The SMILES string of the molecule is CCCCCCCCCCCCCCCC(=O)Nc1ccc(Cl)c(C)c1. The average molecular weight is 380 g/mol. The van der Waals surface area contributed by atoms with Gasteiger partial charge < -0.3 is 5.32 Å². The van der Waals surface area contributed by atoms with Crippen LogP contribution in [0.4, 0.5) is 5.69 Å². The number of hydrogen-bond donors (Lipinski definition) is 1. The van der Waals surface area contributed by atoms with Gasteiger partial charge in [0.15, 0.2) is 0 Å². The molecule has 1 aromatic carbocycles. The number of nitrogens with one attached hydrogen (secondary N) is 1. The van der Waals surface area contributed by atoms with E-state index in [9.17, 15) is 4.79 Å². The van der Waals surface area contributed by atoms with Crippen LogP contribution in [0, 0.1) is 6.92 Å². The number of carbonyl (C=O) groups excluding carboxylic acids is 1. The summed E-state index contributed by atoms with van der Waals surface area (Å²) in [7, 11) is 0. The van der Waals surface area contributed by atoms with E-state index in [0.717, 1.165) is 29.1 Å². The number of hydrogen-bond acceptors (Lipinski definition) is 1. The molecule has 3 heteroatoms. The molecule has 0 spiro atoms. The summed E-state index contributed by atoms with van der Waals surface area (Å²) in [4.78, 5) is 12.0. The fraction of sp³-hybridized carbons (Fsp3) is 0.696. The molecule has 2 nitrogen and oxygen atoms in total. The molecule has 0 atom stereocenters. The minimum Gasteiger partial charge on any atom is -0.326 e. The normalized spacial score (nSPS) is 10.9. The van der Waals surface area contributed by atoms with Crippen LogP contribution in [0.2, 0.25) is 5.02 Å². The summed E-state index contributed by atoms with van der Waals surface area (Å²) in [6.07, 6.45) is 17.9. The lowest BCUT2D eigenvalue weighted by molar-refractivity contribution is -0.116. The molecule has 0 radical (unpaired) electrons. The van der Waals surface area contributed by atoms with Crippen molar-refractivity contribution in [3.8, 4) is 0 Å². The second-order valence-corrected chi connectivity index (χ2v) is 7.91. The van der Waals surface area contributed by atoms with Crippen LogP contribution >= 0.6 is 11.6 Å². The summed E-state index contributed by atoms with van der Waals surface area (Å²) in [5.74, 6) is 0.106. The third-order valence-electron chi connectivity index (χ3n) is 4.95. The van der Waals surface area contributed by atoms with Crippen molar-refractivity contribution in [2.24, 2.45) is 0 Å². The zero-order valence-electron chi connectivity index (χ0n) is 16.9. The Labute approximate surface area is 166 Å². The van der Waals surface area contributed by atoms with E-state index < -0.39 is 0 Å². The molecule has 1 amide bonds. The quantitative estimate of drug-likeness (QED) is 0.306. The van der Waals surface area contributed by atoms with Crippen molar-refractivity contribution in [1.29, 1.82) is 0 Å². The first-order chi connectivity index (χ1) is 12.6. The van der Waals surface area contributed by atoms with Gasteiger partial charge in [-0.1, -0.05) is 95.6 Å². The van der Waals surface area contributed by atoms with E-state index >= 15 is 0 Å². The van der Waals surface area contributed by atoms with E-state index in [1.807, 2.05) is 25.1 Å². The lowest BCUT2D eigenvalue weighted by Crippen LogP contribution is -2.11. The maximum atomic E-state index is 12.0. The third-order valence-corrected chi connectivity index (χ3v) is 5.37. The van der Waals surface area contributed by atoms with Crippen molar-refractivity contribution in [1.82, 2.24) is 0 Å². The van der Waals surface area contributed by atoms with Crippen LogP contribution < -0.4 is 5.32 Å². The molecule has 0 saturated carbocycles. The smallest absolute Gasteiger partial charge is 0.224 e. The van der Waals surface area contributed by atoms with Crippen LogP contribution in [0.1, 0.15) is 102 Å². The van der Waals surface area contributed by atoms with Crippen molar-refractivity contribution >= 4 is 23.2 Å². The molecule has 0 aliphatic heterocycles. The highest BCUT2D eigenvalue weighted by Gasteiger charge is 2.04. The van der Waals surface area contributed by atoms with Gasteiger partial charge in [0.2, 0.25) is 5.91 Å². The summed E-state index contributed by atoms with van der Waals surface area (Å²) in [5.41, 5.74) is 1.83. The van der Waals surface area contributed by atoms with Gasteiger partial charge in [0.1, 0.15) is 0 Å². The highest BCUT2D eigenvalue weighted by Crippen LogP contribution is 2.20. The van der Waals surface area contributed by atoms with E-state index in [-0.39, 0.29) is 5.91 Å². The van der Waals surface area contributed by atoms with Crippen molar-refractivity contribution in [2.45, 2.75) is 104 Å². The van der Waals surface area contributed by atoms with Gasteiger partial charge >= 0.3 is 0 Å². The number of halogens is 1. The molecule has 1 aromatic rings. The number of aryl methyl sites for hydroxylation is 1. The molecular weight excluding hydrogens is 342 g/mol. The summed E-state index contributed by atoms with van der Waals surface area (Å²) in [6.45, 7) is 4.22. The minimum absolute atomic E-state index is 0.106. The van der Waals surface area contributed by atoms with Crippen molar-refractivity contribution in [2.75, 3.05) is 5.32 Å². The summed E-state index contributed by atoms with van der Waals surface area (Å²) in [5, 5.41) is 3.69. The Balaban J connectivity index is 1.91. The molecule has 0 heterocycles. The van der Waals surface area contributed by atoms with Gasteiger partial charge in [0.05, 0.1) is 0 Å². The molecule has 1 N–H and O–H groups in total. The fourth-order valence-corrected chi connectivity index (χ4v) is 3.37. The van der Waals surface area contributed by atoms with Crippen LogP contribution in [0.25, 0.3) is 0 Å². The Kier molecular flexibility index (Phi) is 13.4. The van der Waals surface area contributed by atoms with Crippen molar-refractivity contribution in [3.63, 3.8) is 0 Å². The molecule has 0 saturated heterocycles. The van der Waals surface area contributed by atoms with Gasteiger partial charge in [-0.2, -0.15) is 0 Å². The van der Waals surface area contributed by atoms with Gasteiger partial charge in [-0.05, 0) is 37.1 Å². The van der Waals surface area contributed by atoms with E-state index in [1.165, 1.54) is 70.6 Å². The van der Waals surface area contributed by atoms with Crippen LogP contribution in [-0.2, 0) is 4.79 Å². The van der Waals surface area contributed by atoms with Gasteiger partial charge in [-0.15, -0.1) is 0 Å². The maximum absolute atomic E-state index is 12.0. The summed E-state index contributed by atoms with van der Waals surface area (Å²) in [6, 6.07) is 5.61. The number of rotatable bonds is 15. The highest BCUT2D eigenvalue weighted by molar-refractivity contribution is 6.31. The number of carbonyl (C=O) groups is 1. The first kappa shape index (κ1) is 23.0. The Morgan fingerprint density at radius 3 is 1.85 bits per heavy atom. The number of benzene rings is 1. The van der Waals surface area contributed by atoms with Crippen LogP contribution in [0.5, 0.6) is 0 Å². The monoisotopic (exact) mass is 379 g/mol. The average Bonchev–Trinajstić information content (AvgIpc) is 2.62. The molecule has 0 fully saturated rings. The van der Waals surface area contributed by atoms with E-state index in [2.05, 4.69) is 12.2 Å². The first-order valence-corrected chi connectivity index (χ1v) is 11.1.